The molecule has 0 atom stereocenters. The fourth-order valence-electron chi connectivity index (χ4n) is 4.34. The molecule has 2 aromatic carbocycles. The predicted octanol–water partition coefficient (Wildman–Crippen LogP) is 4.01. The summed E-state index contributed by atoms with van der Waals surface area (Å²) in [5, 5.41) is 0.981. The summed E-state index contributed by atoms with van der Waals surface area (Å²) < 4.78 is 7.48. The topological polar surface area (TPSA) is 37.7 Å². The summed E-state index contributed by atoms with van der Waals surface area (Å²) in [5.74, 6) is 0.970. The number of aromatic nitrogens is 1. The maximum absolute atomic E-state index is 13.3. The van der Waals surface area contributed by atoms with Gasteiger partial charge in [0, 0.05) is 61.9 Å². The van der Waals surface area contributed by atoms with Gasteiger partial charge in [0.25, 0.3) is 0 Å². The van der Waals surface area contributed by atoms with Gasteiger partial charge < -0.3 is 9.30 Å². The second-order valence-electron chi connectivity index (χ2n) is 8.22. The predicted molar refractivity (Wildman–Crippen MR) is 127 cm³/mol. The van der Waals surface area contributed by atoms with E-state index < -0.39 is 0 Å². The number of hydrogen-bond acceptors (Lipinski definition) is 4. The van der Waals surface area contributed by atoms with Gasteiger partial charge in [-0.25, -0.2) is 0 Å². The average molecular weight is 418 g/mol. The molecule has 1 aliphatic rings. The monoisotopic (exact) mass is 417 g/mol. The van der Waals surface area contributed by atoms with Crippen LogP contribution in [0.5, 0.6) is 5.75 Å². The molecule has 162 valence electrons. The van der Waals surface area contributed by atoms with Crippen LogP contribution in [0.1, 0.15) is 21.6 Å². The van der Waals surface area contributed by atoms with Crippen LogP contribution in [0.4, 0.5) is 0 Å². The first-order chi connectivity index (χ1) is 15.1. The van der Waals surface area contributed by atoms with Crippen molar-refractivity contribution in [3.05, 3.63) is 71.4 Å². The molecule has 0 spiro atoms. The number of piperazine rings is 1. The van der Waals surface area contributed by atoms with Crippen LogP contribution in [0.2, 0.25) is 0 Å². The van der Waals surface area contributed by atoms with Gasteiger partial charge in [-0.3, -0.25) is 14.6 Å². The number of carbonyl (C=O) groups is 1. The van der Waals surface area contributed by atoms with Crippen molar-refractivity contribution in [1.29, 1.82) is 0 Å². The van der Waals surface area contributed by atoms with E-state index in [0.717, 1.165) is 60.6 Å². The number of ketones is 1. The Bertz CT molecular complexity index is 1080. The Labute approximate surface area is 184 Å². The minimum Gasteiger partial charge on any atom is -0.497 e. The molecule has 1 saturated heterocycles. The zero-order valence-corrected chi connectivity index (χ0v) is 18.7. The van der Waals surface area contributed by atoms with Crippen LogP contribution in [0.15, 0.2) is 54.6 Å². The molecular formula is C26H31N3O2. The smallest absolute Gasteiger partial charge is 0.179 e. The van der Waals surface area contributed by atoms with Crippen molar-refractivity contribution in [3.8, 4) is 5.75 Å². The molecule has 0 N–H and O–H groups in total. The molecule has 3 aromatic rings. The van der Waals surface area contributed by atoms with Gasteiger partial charge in [0.05, 0.1) is 13.7 Å². The van der Waals surface area contributed by atoms with Crippen molar-refractivity contribution in [2.75, 3.05) is 46.4 Å². The number of rotatable bonds is 7. The highest BCUT2D eigenvalue weighted by Gasteiger charge is 2.23. The van der Waals surface area contributed by atoms with Crippen LogP contribution in [-0.4, -0.2) is 66.5 Å². The summed E-state index contributed by atoms with van der Waals surface area (Å²) in [6.45, 7) is 7.22. The average Bonchev–Trinajstić information content (AvgIpc) is 3.05. The van der Waals surface area contributed by atoms with E-state index >= 15 is 0 Å². The number of carbonyl (C=O) groups excluding carboxylic acids is 1. The van der Waals surface area contributed by atoms with E-state index in [2.05, 4.69) is 50.8 Å². The fraction of sp³-hybridized carbons (Fsp3) is 0.346. The lowest BCUT2D eigenvalue weighted by atomic mass is 10.1. The summed E-state index contributed by atoms with van der Waals surface area (Å²) >= 11 is 0. The standard InChI is InChI=1S/C26H31N3O2/c1-20-26(23-18-22(31-3)11-12-24(23)27(20)2)25(30)19-29-16-14-28(15-17-29)13-7-10-21-8-5-4-6-9-21/h4-12,18H,13-17,19H2,1-3H3. The van der Waals surface area contributed by atoms with Crippen LogP contribution in [0, 0.1) is 6.92 Å². The van der Waals surface area contributed by atoms with Gasteiger partial charge in [0.2, 0.25) is 0 Å². The molecule has 2 heterocycles. The zero-order valence-electron chi connectivity index (χ0n) is 18.7. The van der Waals surface area contributed by atoms with E-state index in [1.165, 1.54) is 5.56 Å². The van der Waals surface area contributed by atoms with Crippen LogP contribution in [-0.2, 0) is 7.05 Å². The Balaban J connectivity index is 1.36. The van der Waals surface area contributed by atoms with Gasteiger partial charge in [0.1, 0.15) is 5.75 Å². The van der Waals surface area contributed by atoms with Crippen LogP contribution in [0.3, 0.4) is 0 Å². The maximum atomic E-state index is 13.3. The lowest BCUT2D eigenvalue weighted by Gasteiger charge is -2.33. The SMILES string of the molecule is COc1ccc2c(c1)c(C(=O)CN1CCN(CC=Cc3ccccc3)CC1)c(C)n2C. The molecule has 0 amide bonds. The minimum absolute atomic E-state index is 0.189. The molecule has 0 aliphatic carbocycles. The molecule has 0 bridgehead atoms. The summed E-state index contributed by atoms with van der Waals surface area (Å²) in [7, 11) is 3.68. The molecule has 0 unspecified atom stereocenters. The molecule has 4 rings (SSSR count). The summed E-state index contributed by atoms with van der Waals surface area (Å²) in [4.78, 5) is 18.0. The molecule has 1 aromatic heterocycles. The first-order valence-electron chi connectivity index (χ1n) is 10.9. The number of hydrogen-bond donors (Lipinski definition) is 0. The van der Waals surface area contributed by atoms with Gasteiger partial charge in [-0.15, -0.1) is 0 Å². The summed E-state index contributed by atoms with van der Waals surface area (Å²) in [6, 6.07) is 16.3. The van der Waals surface area contributed by atoms with Gasteiger partial charge in [-0.05, 0) is 30.7 Å². The zero-order chi connectivity index (χ0) is 21.8. The molecule has 5 heteroatoms. The van der Waals surface area contributed by atoms with E-state index in [-0.39, 0.29) is 5.78 Å². The normalized spacial score (nSPS) is 15.7. The van der Waals surface area contributed by atoms with Gasteiger partial charge >= 0.3 is 0 Å². The molecule has 1 fully saturated rings. The van der Waals surface area contributed by atoms with E-state index in [4.69, 9.17) is 4.74 Å². The number of fused-ring (bicyclic) bond motifs is 1. The number of methoxy groups -OCH3 is 1. The Morgan fingerprint density at radius 1 is 1.03 bits per heavy atom. The van der Waals surface area contributed by atoms with Gasteiger partial charge in [-0.2, -0.15) is 0 Å². The molecule has 0 radical (unpaired) electrons. The fourth-order valence-corrected chi connectivity index (χ4v) is 4.34. The van der Waals surface area contributed by atoms with Crippen molar-refractivity contribution in [1.82, 2.24) is 14.4 Å². The first-order valence-corrected chi connectivity index (χ1v) is 10.9. The van der Waals surface area contributed by atoms with E-state index in [0.29, 0.717) is 6.54 Å². The highest BCUT2D eigenvalue weighted by atomic mass is 16.5. The Morgan fingerprint density at radius 3 is 2.45 bits per heavy atom. The number of ether oxygens (including phenoxy) is 1. The second kappa shape index (κ2) is 9.50. The molecule has 5 nitrogen and oxygen atoms in total. The lowest BCUT2D eigenvalue weighted by Crippen LogP contribution is -2.47. The first kappa shape index (κ1) is 21.3. The van der Waals surface area contributed by atoms with Gasteiger partial charge in [-0.1, -0.05) is 42.5 Å². The van der Waals surface area contributed by atoms with E-state index in [1.807, 2.05) is 38.2 Å². The Kier molecular flexibility index (Phi) is 6.54. The molecular weight excluding hydrogens is 386 g/mol. The van der Waals surface area contributed by atoms with Crippen LogP contribution in [0.25, 0.3) is 17.0 Å². The Hall–Kier alpha value is -2.89. The third kappa shape index (κ3) is 4.73. The quantitative estimate of drug-likeness (QED) is 0.545. The van der Waals surface area contributed by atoms with E-state index in [9.17, 15) is 4.79 Å². The largest absolute Gasteiger partial charge is 0.497 e. The summed E-state index contributed by atoms with van der Waals surface area (Å²) in [6.07, 6.45) is 4.40. The van der Waals surface area contributed by atoms with Gasteiger partial charge in [0.15, 0.2) is 5.78 Å². The third-order valence-corrected chi connectivity index (χ3v) is 6.28. The number of Topliss-reactive ketones (excluding diaryl/α,β-unsaturated/α-hetero) is 1. The Morgan fingerprint density at radius 2 is 1.74 bits per heavy atom. The molecule has 31 heavy (non-hydrogen) atoms. The van der Waals surface area contributed by atoms with Crippen LogP contribution < -0.4 is 4.74 Å². The third-order valence-electron chi connectivity index (χ3n) is 6.28. The van der Waals surface area contributed by atoms with Crippen molar-refractivity contribution >= 4 is 22.8 Å². The lowest BCUT2D eigenvalue weighted by molar-refractivity contribution is 0.0866. The number of aryl methyl sites for hydroxylation is 1. The highest BCUT2D eigenvalue weighted by molar-refractivity contribution is 6.10. The molecule has 0 saturated carbocycles. The van der Waals surface area contributed by atoms with Crippen LogP contribution >= 0.6 is 0 Å². The minimum atomic E-state index is 0.189. The number of nitrogens with zero attached hydrogens (tertiary/aromatic N) is 3. The second-order valence-corrected chi connectivity index (χ2v) is 8.22. The van der Waals surface area contributed by atoms with Crippen molar-refractivity contribution in [3.63, 3.8) is 0 Å². The maximum Gasteiger partial charge on any atom is 0.179 e. The van der Waals surface area contributed by atoms with Crippen molar-refractivity contribution in [2.45, 2.75) is 6.92 Å². The van der Waals surface area contributed by atoms with Crippen molar-refractivity contribution in [2.24, 2.45) is 7.05 Å². The summed E-state index contributed by atoms with van der Waals surface area (Å²) in [5.41, 5.74) is 4.13. The van der Waals surface area contributed by atoms with Crippen molar-refractivity contribution < 1.29 is 9.53 Å². The highest BCUT2D eigenvalue weighted by Crippen LogP contribution is 2.29. The van der Waals surface area contributed by atoms with E-state index in [1.54, 1.807) is 7.11 Å². The molecule has 1 aliphatic heterocycles. The number of benzene rings is 2.